The molecule has 0 radical (unpaired) electrons. The molecule has 1 aromatic carbocycles. The lowest BCUT2D eigenvalue weighted by atomic mass is 10.1. The lowest BCUT2D eigenvalue weighted by Crippen LogP contribution is -2.40. The van der Waals surface area contributed by atoms with Gasteiger partial charge in [-0.3, -0.25) is 4.79 Å². The SMILES string of the molecule is CNS(=O)(=O)CC(=O)N[C@@H](C)Cc1cccc(Cl)c1. The van der Waals surface area contributed by atoms with Gasteiger partial charge in [0.15, 0.2) is 0 Å². The first-order valence-electron chi connectivity index (χ1n) is 5.77. The molecule has 106 valence electrons. The molecular weight excluding hydrogens is 288 g/mol. The molecule has 0 bridgehead atoms. The van der Waals surface area contributed by atoms with Crippen molar-refractivity contribution < 1.29 is 13.2 Å². The molecule has 1 amide bonds. The van der Waals surface area contributed by atoms with Crippen molar-refractivity contribution >= 4 is 27.5 Å². The highest BCUT2D eigenvalue weighted by molar-refractivity contribution is 7.90. The Kier molecular flexibility index (Phi) is 5.78. The second kappa shape index (κ2) is 6.88. The first-order valence-corrected chi connectivity index (χ1v) is 7.80. The summed E-state index contributed by atoms with van der Waals surface area (Å²) >= 11 is 5.87. The lowest BCUT2D eigenvalue weighted by Gasteiger charge is -2.14. The summed E-state index contributed by atoms with van der Waals surface area (Å²) in [6.45, 7) is 1.81. The van der Waals surface area contributed by atoms with Gasteiger partial charge in [0.25, 0.3) is 0 Å². The van der Waals surface area contributed by atoms with Gasteiger partial charge in [0.05, 0.1) is 0 Å². The van der Waals surface area contributed by atoms with E-state index in [1.54, 1.807) is 6.07 Å². The molecule has 1 rings (SSSR count). The van der Waals surface area contributed by atoms with Crippen molar-refractivity contribution in [3.8, 4) is 0 Å². The van der Waals surface area contributed by atoms with E-state index in [-0.39, 0.29) is 6.04 Å². The standard InChI is InChI=1S/C12H17ClN2O3S/c1-9(6-10-4-3-5-11(13)7-10)15-12(16)8-19(17,18)14-2/h3-5,7,9,14H,6,8H2,1-2H3,(H,15,16)/t9-/m0/s1. The van der Waals surface area contributed by atoms with E-state index in [0.717, 1.165) is 5.56 Å². The summed E-state index contributed by atoms with van der Waals surface area (Å²) in [5.41, 5.74) is 0.983. The van der Waals surface area contributed by atoms with Gasteiger partial charge in [0, 0.05) is 11.1 Å². The molecule has 0 heterocycles. The summed E-state index contributed by atoms with van der Waals surface area (Å²) in [5, 5.41) is 3.27. The Balaban J connectivity index is 2.52. The van der Waals surface area contributed by atoms with Gasteiger partial charge in [-0.2, -0.15) is 0 Å². The van der Waals surface area contributed by atoms with Gasteiger partial charge in [0.1, 0.15) is 5.75 Å². The van der Waals surface area contributed by atoms with Crippen LogP contribution >= 0.6 is 11.6 Å². The third-order valence-electron chi connectivity index (χ3n) is 2.47. The summed E-state index contributed by atoms with van der Waals surface area (Å²) in [7, 11) is -2.25. The number of sulfonamides is 1. The average Bonchev–Trinajstić information content (AvgIpc) is 2.27. The highest BCUT2D eigenvalue weighted by Gasteiger charge is 2.16. The zero-order chi connectivity index (χ0) is 14.5. The Labute approximate surface area is 118 Å². The summed E-state index contributed by atoms with van der Waals surface area (Å²) in [5.74, 6) is -1.09. The zero-order valence-electron chi connectivity index (χ0n) is 10.8. The predicted octanol–water partition coefficient (Wildman–Crippen LogP) is 0.936. The van der Waals surface area contributed by atoms with Gasteiger partial charge in [-0.25, -0.2) is 13.1 Å². The molecule has 2 N–H and O–H groups in total. The number of carbonyl (C=O) groups is 1. The van der Waals surface area contributed by atoms with E-state index in [9.17, 15) is 13.2 Å². The van der Waals surface area contributed by atoms with Crippen LogP contribution in [-0.2, 0) is 21.2 Å². The number of halogens is 1. The fourth-order valence-corrected chi connectivity index (χ4v) is 2.42. The monoisotopic (exact) mass is 304 g/mol. The van der Waals surface area contributed by atoms with Crippen LogP contribution in [0.3, 0.4) is 0 Å². The van der Waals surface area contributed by atoms with Crippen LogP contribution in [0.2, 0.25) is 5.02 Å². The zero-order valence-corrected chi connectivity index (χ0v) is 12.4. The van der Waals surface area contributed by atoms with Crippen LogP contribution in [0.1, 0.15) is 12.5 Å². The Morgan fingerprint density at radius 2 is 2.11 bits per heavy atom. The molecule has 1 atom stereocenters. The molecule has 0 unspecified atom stereocenters. The third kappa shape index (κ3) is 6.04. The number of hydrogen-bond donors (Lipinski definition) is 2. The molecule has 0 fully saturated rings. The van der Waals surface area contributed by atoms with Crippen LogP contribution in [0.15, 0.2) is 24.3 Å². The third-order valence-corrected chi connectivity index (χ3v) is 3.97. The molecule has 0 aromatic heterocycles. The van der Waals surface area contributed by atoms with Gasteiger partial charge in [-0.15, -0.1) is 0 Å². The number of hydrogen-bond acceptors (Lipinski definition) is 3. The fourth-order valence-electron chi connectivity index (χ4n) is 1.63. The molecule has 19 heavy (non-hydrogen) atoms. The van der Waals surface area contributed by atoms with Gasteiger partial charge in [-0.1, -0.05) is 23.7 Å². The number of benzene rings is 1. The fraction of sp³-hybridized carbons (Fsp3) is 0.417. The molecular formula is C12H17ClN2O3S. The van der Waals surface area contributed by atoms with E-state index >= 15 is 0 Å². The first-order chi connectivity index (χ1) is 8.82. The molecule has 0 saturated heterocycles. The molecule has 0 saturated carbocycles. The minimum Gasteiger partial charge on any atom is -0.352 e. The van der Waals surface area contributed by atoms with E-state index in [1.807, 2.05) is 25.1 Å². The lowest BCUT2D eigenvalue weighted by molar-refractivity contribution is -0.119. The van der Waals surface area contributed by atoms with Crippen LogP contribution in [0, 0.1) is 0 Å². The molecule has 0 aliphatic carbocycles. The predicted molar refractivity (Wildman–Crippen MR) is 75.6 cm³/mol. The molecule has 7 heteroatoms. The molecule has 0 aliphatic heterocycles. The second-order valence-electron chi connectivity index (χ2n) is 4.27. The number of amides is 1. The van der Waals surface area contributed by atoms with Gasteiger partial charge >= 0.3 is 0 Å². The van der Waals surface area contributed by atoms with E-state index in [1.165, 1.54) is 7.05 Å². The van der Waals surface area contributed by atoms with E-state index < -0.39 is 21.7 Å². The Morgan fingerprint density at radius 1 is 1.42 bits per heavy atom. The molecule has 5 nitrogen and oxygen atoms in total. The highest BCUT2D eigenvalue weighted by Crippen LogP contribution is 2.12. The van der Waals surface area contributed by atoms with Crippen molar-refractivity contribution in [2.75, 3.05) is 12.8 Å². The Bertz CT molecular complexity index is 546. The topological polar surface area (TPSA) is 75.3 Å². The number of carbonyl (C=O) groups excluding carboxylic acids is 1. The maximum atomic E-state index is 11.5. The smallest absolute Gasteiger partial charge is 0.236 e. The normalized spacial score (nSPS) is 13.0. The molecule has 0 aliphatic rings. The van der Waals surface area contributed by atoms with Crippen molar-refractivity contribution in [3.63, 3.8) is 0 Å². The minimum atomic E-state index is -3.53. The van der Waals surface area contributed by atoms with Crippen molar-refractivity contribution in [2.24, 2.45) is 0 Å². The Hall–Kier alpha value is -1.11. The largest absolute Gasteiger partial charge is 0.352 e. The summed E-state index contributed by atoms with van der Waals surface area (Å²) in [4.78, 5) is 11.5. The molecule has 1 aromatic rings. The highest BCUT2D eigenvalue weighted by atomic mass is 35.5. The number of nitrogens with one attached hydrogen (secondary N) is 2. The van der Waals surface area contributed by atoms with Crippen LogP contribution in [-0.4, -0.2) is 33.2 Å². The average molecular weight is 305 g/mol. The van der Waals surface area contributed by atoms with Crippen molar-refractivity contribution in [1.29, 1.82) is 0 Å². The first kappa shape index (κ1) is 15.9. The van der Waals surface area contributed by atoms with Gasteiger partial charge in [-0.05, 0) is 38.1 Å². The summed E-state index contributed by atoms with van der Waals surface area (Å²) in [6, 6.07) is 7.15. The van der Waals surface area contributed by atoms with Crippen molar-refractivity contribution in [3.05, 3.63) is 34.9 Å². The van der Waals surface area contributed by atoms with Crippen LogP contribution in [0.4, 0.5) is 0 Å². The van der Waals surface area contributed by atoms with Crippen LogP contribution in [0.5, 0.6) is 0 Å². The van der Waals surface area contributed by atoms with E-state index in [2.05, 4.69) is 10.0 Å². The minimum absolute atomic E-state index is 0.168. The van der Waals surface area contributed by atoms with E-state index in [0.29, 0.717) is 11.4 Å². The van der Waals surface area contributed by atoms with Gasteiger partial charge < -0.3 is 5.32 Å². The quantitative estimate of drug-likeness (QED) is 0.821. The van der Waals surface area contributed by atoms with Crippen LogP contribution < -0.4 is 10.0 Å². The number of rotatable bonds is 6. The Morgan fingerprint density at radius 3 is 2.68 bits per heavy atom. The van der Waals surface area contributed by atoms with Crippen molar-refractivity contribution in [2.45, 2.75) is 19.4 Å². The second-order valence-corrected chi connectivity index (χ2v) is 6.63. The van der Waals surface area contributed by atoms with Gasteiger partial charge in [0.2, 0.25) is 15.9 Å². The van der Waals surface area contributed by atoms with Crippen molar-refractivity contribution in [1.82, 2.24) is 10.0 Å². The molecule has 0 spiro atoms. The summed E-state index contributed by atoms with van der Waals surface area (Å²) < 4.78 is 24.5. The maximum absolute atomic E-state index is 11.5. The van der Waals surface area contributed by atoms with Crippen LogP contribution in [0.25, 0.3) is 0 Å². The van der Waals surface area contributed by atoms with E-state index in [4.69, 9.17) is 11.6 Å². The summed E-state index contributed by atoms with van der Waals surface area (Å²) in [6.07, 6.45) is 0.589. The maximum Gasteiger partial charge on any atom is 0.236 e.